The molecule has 1 fully saturated rings. The Morgan fingerprint density at radius 3 is 2.74 bits per heavy atom. The summed E-state index contributed by atoms with van der Waals surface area (Å²) in [5.41, 5.74) is 2.01. The van der Waals surface area contributed by atoms with E-state index in [-0.39, 0.29) is 5.91 Å². The molecule has 19 heavy (non-hydrogen) atoms. The number of aryl methyl sites for hydroxylation is 1. The van der Waals surface area contributed by atoms with Crippen molar-refractivity contribution in [3.63, 3.8) is 0 Å². The van der Waals surface area contributed by atoms with Gasteiger partial charge < -0.3 is 10.6 Å². The minimum atomic E-state index is 0.0706. The van der Waals surface area contributed by atoms with Crippen LogP contribution in [0.1, 0.15) is 37.7 Å². The second-order valence-corrected chi connectivity index (χ2v) is 5.65. The standard InChI is InChI=1S/C15H21ClN2O/c1-11-9-12(16)7-8-14(11)17-10-15(19)18-13-5-3-2-4-6-13/h7-9,13,17H,2-6,10H2,1H3,(H,18,19). The van der Waals surface area contributed by atoms with Gasteiger partial charge in [0.25, 0.3) is 0 Å². The molecule has 0 radical (unpaired) electrons. The first-order valence-corrected chi connectivity index (χ1v) is 7.32. The summed E-state index contributed by atoms with van der Waals surface area (Å²) in [5, 5.41) is 6.97. The molecule has 104 valence electrons. The monoisotopic (exact) mass is 280 g/mol. The van der Waals surface area contributed by atoms with E-state index in [0.29, 0.717) is 12.6 Å². The van der Waals surface area contributed by atoms with Gasteiger partial charge >= 0.3 is 0 Å². The van der Waals surface area contributed by atoms with Crippen LogP contribution in [0.15, 0.2) is 18.2 Å². The van der Waals surface area contributed by atoms with Crippen LogP contribution in [0.3, 0.4) is 0 Å². The van der Waals surface area contributed by atoms with E-state index in [1.54, 1.807) is 0 Å². The maximum Gasteiger partial charge on any atom is 0.239 e. The average Bonchev–Trinajstić information content (AvgIpc) is 2.39. The Hall–Kier alpha value is -1.22. The van der Waals surface area contributed by atoms with E-state index >= 15 is 0 Å². The fourth-order valence-electron chi connectivity index (χ4n) is 2.53. The van der Waals surface area contributed by atoms with E-state index in [0.717, 1.165) is 29.1 Å². The van der Waals surface area contributed by atoms with Crippen LogP contribution < -0.4 is 10.6 Å². The molecule has 0 saturated heterocycles. The Balaban J connectivity index is 1.79. The smallest absolute Gasteiger partial charge is 0.239 e. The molecule has 1 aromatic rings. The third-order valence-corrected chi connectivity index (χ3v) is 3.83. The fraction of sp³-hybridized carbons (Fsp3) is 0.533. The predicted octanol–water partition coefficient (Wildman–Crippen LogP) is 3.51. The lowest BCUT2D eigenvalue weighted by Gasteiger charge is -2.23. The lowest BCUT2D eigenvalue weighted by Crippen LogP contribution is -2.39. The summed E-state index contributed by atoms with van der Waals surface area (Å²) in [6.45, 7) is 2.30. The van der Waals surface area contributed by atoms with Crippen molar-refractivity contribution in [2.45, 2.75) is 45.1 Å². The minimum Gasteiger partial charge on any atom is -0.376 e. The van der Waals surface area contributed by atoms with Crippen molar-refractivity contribution in [2.24, 2.45) is 0 Å². The summed E-state index contributed by atoms with van der Waals surface area (Å²) in [4.78, 5) is 11.9. The van der Waals surface area contributed by atoms with Crippen LogP contribution in [0.2, 0.25) is 5.02 Å². The summed E-state index contributed by atoms with van der Waals surface area (Å²) >= 11 is 5.90. The zero-order chi connectivity index (χ0) is 13.7. The Morgan fingerprint density at radius 2 is 2.05 bits per heavy atom. The van der Waals surface area contributed by atoms with E-state index in [2.05, 4.69) is 10.6 Å². The molecule has 1 saturated carbocycles. The summed E-state index contributed by atoms with van der Waals surface area (Å²) in [5.74, 6) is 0.0706. The molecule has 0 aromatic heterocycles. The highest BCUT2D eigenvalue weighted by molar-refractivity contribution is 6.30. The molecule has 0 bridgehead atoms. The highest BCUT2D eigenvalue weighted by Gasteiger charge is 2.15. The molecule has 0 heterocycles. The lowest BCUT2D eigenvalue weighted by atomic mass is 9.95. The molecule has 2 N–H and O–H groups in total. The first-order chi connectivity index (χ1) is 9.15. The van der Waals surface area contributed by atoms with Gasteiger partial charge in [-0.3, -0.25) is 4.79 Å². The van der Waals surface area contributed by atoms with Crippen molar-refractivity contribution in [1.82, 2.24) is 5.32 Å². The lowest BCUT2D eigenvalue weighted by molar-refractivity contribution is -0.120. The summed E-state index contributed by atoms with van der Waals surface area (Å²) in [6.07, 6.45) is 6.00. The fourth-order valence-corrected chi connectivity index (χ4v) is 2.75. The van der Waals surface area contributed by atoms with Gasteiger partial charge in [-0.1, -0.05) is 30.9 Å². The number of rotatable bonds is 4. The van der Waals surface area contributed by atoms with Crippen LogP contribution in [-0.4, -0.2) is 18.5 Å². The third-order valence-electron chi connectivity index (χ3n) is 3.60. The highest BCUT2D eigenvalue weighted by Crippen LogP contribution is 2.19. The number of carbonyl (C=O) groups excluding carboxylic acids is 1. The van der Waals surface area contributed by atoms with Gasteiger partial charge in [0.1, 0.15) is 0 Å². The van der Waals surface area contributed by atoms with Crippen LogP contribution in [0.5, 0.6) is 0 Å². The van der Waals surface area contributed by atoms with Crippen LogP contribution in [0.25, 0.3) is 0 Å². The molecule has 4 heteroatoms. The van der Waals surface area contributed by atoms with E-state index < -0.39 is 0 Å². The van der Waals surface area contributed by atoms with Gasteiger partial charge in [0.2, 0.25) is 5.91 Å². The summed E-state index contributed by atoms with van der Waals surface area (Å²) in [7, 11) is 0. The quantitative estimate of drug-likeness (QED) is 0.886. The Labute approximate surface area is 119 Å². The minimum absolute atomic E-state index is 0.0706. The van der Waals surface area contributed by atoms with Crippen LogP contribution in [-0.2, 0) is 4.79 Å². The topological polar surface area (TPSA) is 41.1 Å². The average molecular weight is 281 g/mol. The highest BCUT2D eigenvalue weighted by atomic mass is 35.5. The predicted molar refractivity (Wildman–Crippen MR) is 79.7 cm³/mol. The third kappa shape index (κ3) is 4.43. The maximum absolute atomic E-state index is 11.9. The van der Waals surface area contributed by atoms with Crippen molar-refractivity contribution in [3.8, 4) is 0 Å². The number of hydrogen-bond acceptors (Lipinski definition) is 2. The first-order valence-electron chi connectivity index (χ1n) is 6.94. The Kier molecular flexibility index (Phi) is 5.08. The van der Waals surface area contributed by atoms with Crippen molar-refractivity contribution in [2.75, 3.05) is 11.9 Å². The molecule has 1 aliphatic carbocycles. The number of nitrogens with one attached hydrogen (secondary N) is 2. The van der Waals surface area contributed by atoms with E-state index in [4.69, 9.17) is 11.6 Å². The van der Waals surface area contributed by atoms with Crippen molar-refractivity contribution >= 4 is 23.2 Å². The molecular formula is C15H21ClN2O. The number of benzene rings is 1. The van der Waals surface area contributed by atoms with Gasteiger partial charge in [0.15, 0.2) is 0 Å². The van der Waals surface area contributed by atoms with E-state index in [1.165, 1.54) is 19.3 Å². The first kappa shape index (κ1) is 14.2. The molecule has 1 amide bonds. The van der Waals surface area contributed by atoms with E-state index in [9.17, 15) is 4.79 Å². The van der Waals surface area contributed by atoms with Gasteiger partial charge in [-0.2, -0.15) is 0 Å². The number of carbonyl (C=O) groups is 1. The van der Waals surface area contributed by atoms with Crippen molar-refractivity contribution in [1.29, 1.82) is 0 Å². The Bertz CT molecular complexity index is 442. The Morgan fingerprint density at radius 1 is 1.32 bits per heavy atom. The van der Waals surface area contributed by atoms with Gasteiger partial charge in [-0.05, 0) is 43.5 Å². The molecule has 0 atom stereocenters. The molecule has 0 aliphatic heterocycles. The van der Waals surface area contributed by atoms with Crippen LogP contribution >= 0.6 is 11.6 Å². The van der Waals surface area contributed by atoms with E-state index in [1.807, 2.05) is 25.1 Å². The largest absolute Gasteiger partial charge is 0.376 e. The normalized spacial score (nSPS) is 16.1. The second kappa shape index (κ2) is 6.80. The zero-order valence-electron chi connectivity index (χ0n) is 11.3. The van der Waals surface area contributed by atoms with Crippen molar-refractivity contribution < 1.29 is 4.79 Å². The number of halogens is 1. The molecule has 0 spiro atoms. The van der Waals surface area contributed by atoms with Gasteiger partial charge in [-0.15, -0.1) is 0 Å². The maximum atomic E-state index is 11.9. The number of anilines is 1. The van der Waals surface area contributed by atoms with Gasteiger partial charge in [0, 0.05) is 16.8 Å². The number of hydrogen-bond donors (Lipinski definition) is 2. The molecule has 0 unspecified atom stereocenters. The van der Waals surface area contributed by atoms with Crippen molar-refractivity contribution in [3.05, 3.63) is 28.8 Å². The summed E-state index contributed by atoms with van der Waals surface area (Å²) < 4.78 is 0. The molecule has 1 aromatic carbocycles. The van der Waals surface area contributed by atoms with Crippen LogP contribution in [0, 0.1) is 6.92 Å². The molecular weight excluding hydrogens is 260 g/mol. The zero-order valence-corrected chi connectivity index (χ0v) is 12.1. The SMILES string of the molecule is Cc1cc(Cl)ccc1NCC(=O)NC1CCCCC1. The number of amides is 1. The second-order valence-electron chi connectivity index (χ2n) is 5.22. The summed E-state index contributed by atoms with van der Waals surface area (Å²) in [6, 6.07) is 6.00. The van der Waals surface area contributed by atoms with Gasteiger partial charge in [-0.25, -0.2) is 0 Å². The molecule has 2 rings (SSSR count). The molecule has 3 nitrogen and oxygen atoms in total. The molecule has 1 aliphatic rings. The van der Waals surface area contributed by atoms with Crippen LogP contribution in [0.4, 0.5) is 5.69 Å². The van der Waals surface area contributed by atoms with Gasteiger partial charge in [0.05, 0.1) is 6.54 Å².